The Balaban J connectivity index is 1.70. The topological polar surface area (TPSA) is 24.4 Å². The largest absolute Gasteiger partial charge is 0.334 e. The van der Waals surface area contributed by atoms with Crippen molar-refractivity contribution in [1.82, 2.24) is 0 Å². The van der Waals surface area contributed by atoms with Gasteiger partial charge in [-0.3, -0.25) is 4.99 Å². The van der Waals surface area contributed by atoms with Crippen LogP contribution in [0.5, 0.6) is 0 Å². The van der Waals surface area contributed by atoms with Gasteiger partial charge in [0, 0.05) is 5.02 Å². The summed E-state index contributed by atoms with van der Waals surface area (Å²) in [6.45, 7) is 0.773. The van der Waals surface area contributed by atoms with Crippen LogP contribution >= 0.6 is 35.0 Å². The third-order valence-corrected chi connectivity index (χ3v) is 4.72. The highest BCUT2D eigenvalue weighted by Crippen LogP contribution is 2.36. The van der Waals surface area contributed by atoms with Crippen molar-refractivity contribution >= 4 is 45.8 Å². The Morgan fingerprint density at radius 1 is 1.10 bits per heavy atom. The van der Waals surface area contributed by atoms with Crippen LogP contribution in [-0.4, -0.2) is 11.7 Å². The molecule has 1 aliphatic heterocycles. The van der Waals surface area contributed by atoms with E-state index in [1.807, 2.05) is 12.1 Å². The average Bonchev–Trinajstić information content (AvgIpc) is 2.92. The smallest absolute Gasteiger partial charge is 0.161 e. The van der Waals surface area contributed by atoms with Crippen LogP contribution in [0.25, 0.3) is 0 Å². The van der Waals surface area contributed by atoms with Gasteiger partial charge in [-0.15, -0.1) is 0 Å². The van der Waals surface area contributed by atoms with E-state index < -0.39 is 0 Å². The standard InChI is InChI=1S/C15H12Cl2N2S/c16-11-6-7-12(17)13(8-11)19-15-18-9-14(20-15)10-4-2-1-3-5-10/h1-8,14H,9H2,(H,18,19). The summed E-state index contributed by atoms with van der Waals surface area (Å²) in [6.07, 6.45) is 0. The molecule has 2 nitrogen and oxygen atoms in total. The molecule has 2 aromatic carbocycles. The van der Waals surface area contributed by atoms with Crippen molar-refractivity contribution in [3.05, 3.63) is 64.1 Å². The highest BCUT2D eigenvalue weighted by atomic mass is 35.5. The zero-order chi connectivity index (χ0) is 13.9. The predicted molar refractivity (Wildman–Crippen MR) is 89.2 cm³/mol. The first-order valence-corrected chi connectivity index (χ1v) is 7.84. The Hall–Kier alpha value is -1.16. The Morgan fingerprint density at radius 2 is 1.90 bits per heavy atom. The minimum Gasteiger partial charge on any atom is -0.334 e. The van der Waals surface area contributed by atoms with Crippen LogP contribution in [0.4, 0.5) is 5.69 Å². The third kappa shape index (κ3) is 3.11. The molecule has 0 aromatic heterocycles. The second kappa shape index (κ2) is 6.08. The Bertz CT molecular complexity index is 644. The van der Waals surface area contributed by atoms with Gasteiger partial charge in [-0.25, -0.2) is 0 Å². The summed E-state index contributed by atoms with van der Waals surface area (Å²) in [5.41, 5.74) is 2.08. The van der Waals surface area contributed by atoms with Crippen LogP contribution in [0.3, 0.4) is 0 Å². The lowest BCUT2D eigenvalue weighted by Crippen LogP contribution is -2.05. The Labute approximate surface area is 132 Å². The van der Waals surface area contributed by atoms with Gasteiger partial charge in [-0.05, 0) is 23.8 Å². The summed E-state index contributed by atoms with van der Waals surface area (Å²) in [4.78, 5) is 4.53. The van der Waals surface area contributed by atoms with E-state index in [1.54, 1.807) is 23.9 Å². The zero-order valence-corrected chi connectivity index (χ0v) is 12.8. The molecular formula is C15H12Cl2N2S. The van der Waals surface area contributed by atoms with Crippen LogP contribution in [0.2, 0.25) is 10.0 Å². The van der Waals surface area contributed by atoms with E-state index >= 15 is 0 Å². The Morgan fingerprint density at radius 3 is 2.70 bits per heavy atom. The van der Waals surface area contributed by atoms with Crippen molar-refractivity contribution in [3.8, 4) is 0 Å². The summed E-state index contributed by atoms with van der Waals surface area (Å²) in [5.74, 6) is 0. The van der Waals surface area contributed by atoms with E-state index in [0.717, 1.165) is 17.4 Å². The van der Waals surface area contributed by atoms with Gasteiger partial charge in [0.15, 0.2) is 5.17 Å². The second-order valence-electron chi connectivity index (χ2n) is 4.41. The number of aliphatic imine (C=N–C) groups is 1. The number of amidine groups is 1. The number of anilines is 1. The van der Waals surface area contributed by atoms with Gasteiger partial charge < -0.3 is 5.32 Å². The fraction of sp³-hybridized carbons (Fsp3) is 0.133. The highest BCUT2D eigenvalue weighted by molar-refractivity contribution is 8.14. The van der Waals surface area contributed by atoms with E-state index in [2.05, 4.69) is 34.6 Å². The number of nitrogens with zero attached hydrogens (tertiary/aromatic N) is 1. The van der Waals surface area contributed by atoms with Crippen LogP contribution in [0.1, 0.15) is 10.8 Å². The molecular weight excluding hydrogens is 311 g/mol. The number of hydrogen-bond acceptors (Lipinski definition) is 3. The summed E-state index contributed by atoms with van der Waals surface area (Å²) < 4.78 is 0. The molecule has 2 aromatic rings. The fourth-order valence-corrected chi connectivity index (χ4v) is 3.36. The first-order chi connectivity index (χ1) is 9.72. The maximum Gasteiger partial charge on any atom is 0.161 e. The van der Waals surface area contributed by atoms with Crippen molar-refractivity contribution in [1.29, 1.82) is 0 Å². The van der Waals surface area contributed by atoms with Crippen molar-refractivity contribution in [2.24, 2.45) is 4.99 Å². The number of benzene rings is 2. The van der Waals surface area contributed by atoms with Crippen LogP contribution in [-0.2, 0) is 0 Å². The summed E-state index contributed by atoms with van der Waals surface area (Å²) in [6, 6.07) is 15.7. The lowest BCUT2D eigenvalue weighted by molar-refractivity contribution is 0.966. The molecule has 0 saturated carbocycles. The van der Waals surface area contributed by atoms with E-state index in [1.165, 1.54) is 5.56 Å². The van der Waals surface area contributed by atoms with E-state index in [4.69, 9.17) is 23.2 Å². The first-order valence-electron chi connectivity index (χ1n) is 6.20. The fourth-order valence-electron chi connectivity index (χ4n) is 1.99. The monoisotopic (exact) mass is 322 g/mol. The van der Waals surface area contributed by atoms with Gasteiger partial charge in [0.2, 0.25) is 0 Å². The highest BCUT2D eigenvalue weighted by Gasteiger charge is 2.21. The summed E-state index contributed by atoms with van der Waals surface area (Å²) in [5, 5.41) is 5.77. The minimum absolute atomic E-state index is 0.358. The van der Waals surface area contributed by atoms with Gasteiger partial charge in [-0.1, -0.05) is 65.3 Å². The normalized spacial score (nSPS) is 17.9. The molecule has 0 radical (unpaired) electrons. The van der Waals surface area contributed by atoms with E-state index in [0.29, 0.717) is 15.3 Å². The molecule has 3 rings (SSSR count). The molecule has 1 aliphatic rings. The zero-order valence-electron chi connectivity index (χ0n) is 10.5. The Kier molecular flexibility index (Phi) is 4.20. The molecule has 0 saturated heterocycles. The third-order valence-electron chi connectivity index (χ3n) is 3.00. The SMILES string of the molecule is Clc1ccc(Cl)c(NC2=NCC(c3ccccc3)S2)c1. The molecule has 0 aliphatic carbocycles. The number of nitrogens with one attached hydrogen (secondary N) is 1. The summed E-state index contributed by atoms with van der Waals surface area (Å²) in [7, 11) is 0. The molecule has 0 spiro atoms. The number of thioether (sulfide) groups is 1. The predicted octanol–water partition coefficient (Wildman–Crippen LogP) is 5.25. The van der Waals surface area contributed by atoms with Gasteiger partial charge in [-0.2, -0.15) is 0 Å². The lowest BCUT2D eigenvalue weighted by Gasteiger charge is -2.10. The van der Waals surface area contributed by atoms with Gasteiger partial charge >= 0.3 is 0 Å². The molecule has 1 atom stereocenters. The second-order valence-corrected chi connectivity index (χ2v) is 6.45. The number of rotatable bonds is 2. The van der Waals surface area contributed by atoms with Crippen molar-refractivity contribution in [3.63, 3.8) is 0 Å². The maximum atomic E-state index is 6.14. The maximum absolute atomic E-state index is 6.14. The van der Waals surface area contributed by atoms with Gasteiger partial charge in [0.05, 0.1) is 22.5 Å². The van der Waals surface area contributed by atoms with Crippen LogP contribution in [0.15, 0.2) is 53.5 Å². The molecule has 0 bridgehead atoms. The molecule has 1 heterocycles. The molecule has 1 unspecified atom stereocenters. The van der Waals surface area contributed by atoms with Crippen molar-refractivity contribution < 1.29 is 0 Å². The van der Waals surface area contributed by atoms with Crippen molar-refractivity contribution in [2.75, 3.05) is 11.9 Å². The minimum atomic E-state index is 0.358. The molecule has 20 heavy (non-hydrogen) atoms. The molecule has 5 heteroatoms. The summed E-state index contributed by atoms with van der Waals surface area (Å²) >= 11 is 13.8. The van der Waals surface area contributed by atoms with E-state index in [9.17, 15) is 0 Å². The lowest BCUT2D eigenvalue weighted by atomic mass is 10.1. The molecule has 1 N–H and O–H groups in total. The molecule has 0 fully saturated rings. The average molecular weight is 323 g/mol. The van der Waals surface area contributed by atoms with Crippen LogP contribution in [0, 0.1) is 0 Å². The van der Waals surface area contributed by atoms with Gasteiger partial charge in [0.1, 0.15) is 0 Å². The number of halogens is 2. The quantitative estimate of drug-likeness (QED) is 0.816. The molecule has 102 valence electrons. The number of hydrogen-bond donors (Lipinski definition) is 1. The van der Waals surface area contributed by atoms with Crippen molar-refractivity contribution in [2.45, 2.75) is 5.25 Å². The van der Waals surface area contributed by atoms with Crippen LogP contribution < -0.4 is 5.32 Å². The van der Waals surface area contributed by atoms with E-state index in [-0.39, 0.29) is 0 Å². The first kappa shape index (κ1) is 13.8. The molecule has 0 amide bonds. The van der Waals surface area contributed by atoms with Gasteiger partial charge in [0.25, 0.3) is 0 Å².